The van der Waals surface area contributed by atoms with E-state index in [4.69, 9.17) is 40.6 Å². The number of aliphatic carboxylic acids is 1. The number of likely N-dealkylation sites (N-methyl/N-ethyl adjacent to an activating group) is 1. The summed E-state index contributed by atoms with van der Waals surface area (Å²) < 4.78 is 59.1. The second kappa shape index (κ2) is 14.6. The lowest BCUT2D eigenvalue weighted by molar-refractivity contribution is -0.192. The summed E-state index contributed by atoms with van der Waals surface area (Å²) in [6.07, 6.45) is 1.63. The van der Waals surface area contributed by atoms with Gasteiger partial charge in [0.05, 0.1) is 52.4 Å². The number of carboxylic acid groups (broad SMARTS) is 1. The number of aromatic amines is 1. The number of nitriles is 1. The molecule has 13 nitrogen and oxygen atoms in total. The maximum absolute atomic E-state index is 15.1. The number of likely N-dealkylation sites (tertiary alicyclic amines) is 1. The number of carboxylic acids is 1. The van der Waals surface area contributed by atoms with Crippen molar-refractivity contribution < 1.29 is 41.4 Å². The molecule has 7 rings (SSSR count). The number of anilines is 1. The quantitative estimate of drug-likeness (QED) is 0.150. The van der Waals surface area contributed by atoms with E-state index in [1.165, 1.54) is 12.1 Å². The second-order valence-corrected chi connectivity index (χ2v) is 12.7. The molecule has 1 amide bonds. The van der Waals surface area contributed by atoms with Crippen LogP contribution in [-0.4, -0.2) is 105 Å². The molecule has 5 aromatic rings. The number of H-pyrrole nitrogens is 1. The Morgan fingerprint density at radius 2 is 2.00 bits per heavy atom. The summed E-state index contributed by atoms with van der Waals surface area (Å²) in [6.45, 7) is 6.24. The molecular weight excluding hydrogens is 712 g/mol. The van der Waals surface area contributed by atoms with Gasteiger partial charge in [-0.1, -0.05) is 18.2 Å². The number of nitrogens with zero attached hydrogens (tertiary/aromatic N) is 7. The van der Waals surface area contributed by atoms with E-state index >= 15 is 4.39 Å². The van der Waals surface area contributed by atoms with Gasteiger partial charge in [0.2, 0.25) is 5.91 Å². The Kier molecular flexibility index (Phi) is 10.2. The predicted octanol–water partition coefficient (Wildman–Crippen LogP) is 5.93. The van der Waals surface area contributed by atoms with Gasteiger partial charge in [0.1, 0.15) is 23.8 Å². The first-order chi connectivity index (χ1) is 24.8. The molecular formula is C34H31ClF4N8O5. The van der Waals surface area contributed by atoms with Gasteiger partial charge in [-0.25, -0.2) is 9.18 Å². The van der Waals surface area contributed by atoms with E-state index in [-0.39, 0.29) is 35.4 Å². The van der Waals surface area contributed by atoms with Crippen LogP contribution in [0.2, 0.25) is 5.02 Å². The fourth-order valence-electron chi connectivity index (χ4n) is 6.59. The van der Waals surface area contributed by atoms with Gasteiger partial charge < -0.3 is 29.0 Å². The highest BCUT2D eigenvalue weighted by Gasteiger charge is 2.38. The Balaban J connectivity index is 0.000000604. The van der Waals surface area contributed by atoms with Gasteiger partial charge in [-0.3, -0.25) is 9.89 Å². The highest BCUT2D eigenvalue weighted by atomic mass is 35.5. The molecule has 52 heavy (non-hydrogen) atoms. The third-order valence-electron chi connectivity index (χ3n) is 9.15. The number of nitrogens with one attached hydrogen (secondary N) is 1. The van der Waals surface area contributed by atoms with Crippen LogP contribution >= 0.6 is 11.6 Å². The molecule has 2 aliphatic heterocycles. The average Bonchev–Trinajstić information content (AvgIpc) is 3.88. The summed E-state index contributed by atoms with van der Waals surface area (Å²) in [5.41, 5.74) is 2.61. The molecule has 2 fully saturated rings. The zero-order chi connectivity index (χ0) is 37.3. The minimum atomic E-state index is -5.08. The summed E-state index contributed by atoms with van der Waals surface area (Å²) in [7, 11) is 2.08. The van der Waals surface area contributed by atoms with Crippen molar-refractivity contribution in [3.8, 4) is 23.2 Å². The largest absolute Gasteiger partial charge is 0.490 e. The smallest absolute Gasteiger partial charge is 0.475 e. The molecule has 0 saturated carbocycles. The van der Waals surface area contributed by atoms with E-state index in [1.54, 1.807) is 23.4 Å². The van der Waals surface area contributed by atoms with Gasteiger partial charge in [-0.15, -0.1) is 0 Å². The van der Waals surface area contributed by atoms with Crippen molar-refractivity contribution in [2.24, 2.45) is 0 Å². The highest BCUT2D eigenvalue weighted by Crippen LogP contribution is 2.44. The highest BCUT2D eigenvalue weighted by molar-refractivity contribution is 6.36. The lowest BCUT2D eigenvalue weighted by Gasteiger charge is -2.41. The summed E-state index contributed by atoms with van der Waals surface area (Å²) in [4.78, 5) is 37.2. The Labute approximate surface area is 298 Å². The maximum Gasteiger partial charge on any atom is 0.490 e. The van der Waals surface area contributed by atoms with Gasteiger partial charge >= 0.3 is 18.2 Å². The Morgan fingerprint density at radius 3 is 2.67 bits per heavy atom. The number of aromatic nitrogens is 4. The first kappa shape index (κ1) is 36.3. The van der Waals surface area contributed by atoms with E-state index in [2.05, 4.69) is 34.8 Å². The number of halogens is 5. The molecule has 2 atom stereocenters. The lowest BCUT2D eigenvalue weighted by Crippen LogP contribution is -2.55. The molecule has 272 valence electrons. The third-order valence-corrected chi connectivity index (χ3v) is 9.52. The molecule has 0 aliphatic carbocycles. The Morgan fingerprint density at radius 1 is 1.23 bits per heavy atom. The van der Waals surface area contributed by atoms with Crippen molar-refractivity contribution in [2.45, 2.75) is 37.5 Å². The molecule has 2 aromatic carbocycles. The molecule has 2 N–H and O–H groups in total. The van der Waals surface area contributed by atoms with E-state index in [0.717, 1.165) is 19.4 Å². The second-order valence-electron chi connectivity index (χ2n) is 12.3. The van der Waals surface area contributed by atoms with Crippen LogP contribution in [0.1, 0.15) is 19.3 Å². The Bertz CT molecular complexity index is 2220. The van der Waals surface area contributed by atoms with Crippen LogP contribution in [-0.2, 0) is 9.59 Å². The number of carbonyl (C=O) groups excluding carboxylic acids is 1. The monoisotopic (exact) mass is 742 g/mol. The molecule has 0 spiro atoms. The number of carbonyl (C=O) groups is 2. The summed E-state index contributed by atoms with van der Waals surface area (Å²) in [5.74, 6) is -2.99. The average molecular weight is 743 g/mol. The predicted molar refractivity (Wildman–Crippen MR) is 182 cm³/mol. The summed E-state index contributed by atoms with van der Waals surface area (Å²) in [5, 5.41) is 25.6. The van der Waals surface area contributed by atoms with Crippen LogP contribution in [0.5, 0.6) is 6.01 Å². The number of piperazine rings is 1. The number of furan rings is 1. The number of alkyl halides is 3. The van der Waals surface area contributed by atoms with Crippen LogP contribution in [0.3, 0.4) is 0 Å². The zero-order valence-corrected chi connectivity index (χ0v) is 28.3. The standard InChI is InChI=1S/C32H30ClFN8O3.C2HF3O2/c1-3-26(43)42-11-10-41(16-18(42)6-8-35)31-28-25(37-32(38-31)45-17-19-5-4-9-40(19)2)13-21(20-7-12-44-30(20)28)27-22-15-36-39-24(22)14-23(34)29(27)33;3-2(4,5)1(6)7/h3,7,12-15,18-19H,1,4-6,9-11,16-17H2,2H3,(H,36,39);(H,6,7)/t18-,19-;/m0./s1. The molecule has 0 radical (unpaired) electrons. The van der Waals surface area contributed by atoms with E-state index in [1.807, 2.05) is 11.0 Å². The minimum Gasteiger partial charge on any atom is -0.475 e. The molecule has 0 unspecified atom stereocenters. The van der Waals surface area contributed by atoms with E-state index in [0.29, 0.717) is 76.0 Å². The number of hydrogen-bond acceptors (Lipinski definition) is 10. The molecule has 3 aromatic heterocycles. The van der Waals surface area contributed by atoms with Crippen molar-refractivity contribution >= 4 is 62.1 Å². The number of hydrogen-bond donors (Lipinski definition) is 2. The molecule has 18 heteroatoms. The third kappa shape index (κ3) is 7.03. The van der Waals surface area contributed by atoms with Crippen molar-refractivity contribution in [3.05, 3.63) is 54.2 Å². The normalized spacial score (nSPS) is 18.0. The minimum absolute atomic E-state index is 0.0388. The first-order valence-electron chi connectivity index (χ1n) is 16.0. The van der Waals surface area contributed by atoms with Gasteiger partial charge in [-0.05, 0) is 50.2 Å². The number of benzene rings is 2. The fraction of sp³-hybridized carbons (Fsp3) is 0.353. The topological polar surface area (TPSA) is 165 Å². The maximum atomic E-state index is 15.1. The van der Waals surface area contributed by atoms with Crippen LogP contribution in [0.25, 0.3) is 43.9 Å². The van der Waals surface area contributed by atoms with Crippen LogP contribution < -0.4 is 9.64 Å². The van der Waals surface area contributed by atoms with Crippen LogP contribution in [0.4, 0.5) is 23.4 Å². The van der Waals surface area contributed by atoms with Crippen molar-refractivity contribution in [1.82, 2.24) is 30.0 Å². The fourth-order valence-corrected chi connectivity index (χ4v) is 6.85. The van der Waals surface area contributed by atoms with E-state index in [9.17, 15) is 23.2 Å². The number of fused-ring (bicyclic) bond motifs is 4. The summed E-state index contributed by atoms with van der Waals surface area (Å²) >= 11 is 6.62. The van der Waals surface area contributed by atoms with Crippen molar-refractivity contribution in [2.75, 3.05) is 44.7 Å². The van der Waals surface area contributed by atoms with Gasteiger partial charge in [0.15, 0.2) is 0 Å². The molecule has 2 aliphatic rings. The summed E-state index contributed by atoms with van der Waals surface area (Å²) in [6, 6.07) is 7.25. The molecule has 2 saturated heterocycles. The zero-order valence-electron chi connectivity index (χ0n) is 27.6. The molecule has 5 heterocycles. The Hall–Kier alpha value is -5.47. The van der Waals surface area contributed by atoms with Crippen LogP contribution in [0, 0.1) is 17.1 Å². The van der Waals surface area contributed by atoms with Crippen molar-refractivity contribution in [3.63, 3.8) is 0 Å². The lowest BCUT2D eigenvalue weighted by atomic mass is 9.96. The van der Waals surface area contributed by atoms with E-state index < -0.39 is 18.0 Å². The first-order valence-corrected chi connectivity index (χ1v) is 16.4. The number of amides is 1. The van der Waals surface area contributed by atoms with Crippen LogP contribution in [0.15, 0.2) is 47.7 Å². The van der Waals surface area contributed by atoms with Gasteiger partial charge in [0.25, 0.3) is 0 Å². The SMILES string of the molecule is C=CC(=O)N1CCN(c2nc(OC[C@@H]3CCCN3C)nc3cc(-c4c(Cl)c(F)cc5[nH]ncc45)c4ccoc4c23)C[C@@H]1CC#N.O=C(O)C(F)(F)F. The number of rotatable bonds is 7. The van der Waals surface area contributed by atoms with Crippen molar-refractivity contribution in [1.29, 1.82) is 5.26 Å². The van der Waals surface area contributed by atoms with Gasteiger partial charge in [-0.2, -0.15) is 33.5 Å². The van der Waals surface area contributed by atoms with Gasteiger partial charge in [0, 0.05) is 48.1 Å². The molecule has 0 bridgehead atoms. The number of ether oxygens (including phenoxy) is 1.